The van der Waals surface area contributed by atoms with Gasteiger partial charge in [-0.05, 0) is 63.0 Å². The average molecular weight is 393 g/mol. The summed E-state index contributed by atoms with van der Waals surface area (Å²) in [4.78, 5) is 13.9. The quantitative estimate of drug-likeness (QED) is 0.647. The Hall–Kier alpha value is -2.74. The van der Waals surface area contributed by atoms with Crippen molar-refractivity contribution in [1.29, 1.82) is 0 Å². The molecule has 1 heterocycles. The molecule has 1 aliphatic heterocycles. The second-order valence-electron chi connectivity index (χ2n) is 6.95. The van der Waals surface area contributed by atoms with E-state index in [2.05, 4.69) is 10.6 Å². The highest BCUT2D eigenvalue weighted by Gasteiger charge is 2.32. The molecule has 1 aliphatic rings. The van der Waals surface area contributed by atoms with Gasteiger partial charge in [-0.1, -0.05) is 6.07 Å². The molecule has 1 amide bonds. The molecule has 28 heavy (non-hydrogen) atoms. The third-order valence-corrected chi connectivity index (χ3v) is 4.34. The van der Waals surface area contributed by atoms with Crippen LogP contribution in [0.1, 0.15) is 24.0 Å². The van der Waals surface area contributed by atoms with Crippen LogP contribution in [0.25, 0.3) is 0 Å². The highest BCUT2D eigenvalue weighted by atomic mass is 19.4. The van der Waals surface area contributed by atoms with E-state index in [1.165, 1.54) is 6.07 Å². The Bertz CT molecular complexity index is 866. The van der Waals surface area contributed by atoms with Crippen molar-refractivity contribution in [2.75, 3.05) is 26.0 Å². The van der Waals surface area contributed by atoms with E-state index in [0.29, 0.717) is 30.1 Å². The van der Waals surface area contributed by atoms with E-state index in [-0.39, 0.29) is 11.7 Å². The lowest BCUT2D eigenvalue weighted by Gasteiger charge is -2.23. The molecule has 0 aromatic heterocycles. The Morgan fingerprint density at radius 2 is 1.79 bits per heavy atom. The summed E-state index contributed by atoms with van der Waals surface area (Å²) in [5, 5.41) is 5.91. The maximum atomic E-state index is 12.9. The number of nitrogens with one attached hydrogen (secondary N) is 2. The van der Waals surface area contributed by atoms with Crippen LogP contribution < -0.4 is 15.4 Å². The summed E-state index contributed by atoms with van der Waals surface area (Å²) < 4.78 is 44.4. The third kappa shape index (κ3) is 4.95. The fraction of sp³-hybridized carbons (Fsp3) is 0.350. The number of hydrogen-bond acceptors (Lipinski definition) is 4. The van der Waals surface area contributed by atoms with Crippen LogP contribution in [0, 0.1) is 0 Å². The molecule has 5 nitrogen and oxygen atoms in total. The summed E-state index contributed by atoms with van der Waals surface area (Å²) in [6, 6.07) is 8.67. The van der Waals surface area contributed by atoms with Crippen LogP contribution in [0.5, 0.6) is 11.5 Å². The molecule has 0 spiro atoms. The van der Waals surface area contributed by atoms with Crippen LogP contribution in [0.2, 0.25) is 0 Å². The second kappa shape index (κ2) is 8.10. The molecule has 3 rings (SSSR count). The predicted molar refractivity (Wildman–Crippen MR) is 101 cm³/mol. The monoisotopic (exact) mass is 393 g/mol. The number of alkyl halides is 3. The first-order valence-electron chi connectivity index (χ1n) is 8.93. The fourth-order valence-corrected chi connectivity index (χ4v) is 2.86. The lowest BCUT2D eigenvalue weighted by Crippen LogP contribution is -2.24. The molecule has 2 aromatic rings. The van der Waals surface area contributed by atoms with Crippen molar-refractivity contribution in [1.82, 2.24) is 10.2 Å². The largest absolute Gasteiger partial charge is 0.453 e. The molecule has 150 valence electrons. The van der Waals surface area contributed by atoms with Gasteiger partial charge in [-0.15, -0.1) is 0 Å². The normalized spacial score (nSPS) is 12.6. The number of amides is 1. The standard InChI is InChI=1S/C20H22F3N3O2/c1-26(2)9-3-4-19(27)24-12-13-5-7-15-17(10-13)28-18-11-14(20(21,22)23)6-8-16(18)25-15/h5-8,10-11,25H,3-4,9,12H2,1-2H3,(H,24,27). The number of carbonyl (C=O) groups excluding carboxylic acids is 1. The minimum absolute atomic E-state index is 0.0428. The maximum Gasteiger partial charge on any atom is 0.416 e. The molecule has 8 heteroatoms. The van der Waals surface area contributed by atoms with E-state index in [9.17, 15) is 18.0 Å². The van der Waals surface area contributed by atoms with Gasteiger partial charge in [0.15, 0.2) is 11.5 Å². The van der Waals surface area contributed by atoms with Gasteiger partial charge in [0.1, 0.15) is 0 Å². The number of halogens is 3. The topological polar surface area (TPSA) is 53.6 Å². The van der Waals surface area contributed by atoms with Crippen molar-refractivity contribution in [3.05, 3.63) is 47.5 Å². The molecule has 2 N–H and O–H groups in total. The van der Waals surface area contributed by atoms with Gasteiger partial charge in [0.25, 0.3) is 0 Å². The zero-order valence-corrected chi connectivity index (χ0v) is 15.7. The zero-order chi connectivity index (χ0) is 20.3. The molecular formula is C20H22F3N3O2. The van der Waals surface area contributed by atoms with Crippen molar-refractivity contribution < 1.29 is 22.7 Å². The van der Waals surface area contributed by atoms with Gasteiger partial charge in [-0.25, -0.2) is 0 Å². The van der Waals surface area contributed by atoms with Gasteiger partial charge in [-0.2, -0.15) is 13.2 Å². The van der Waals surface area contributed by atoms with Gasteiger partial charge in [0, 0.05) is 13.0 Å². The van der Waals surface area contributed by atoms with Crippen molar-refractivity contribution in [3.8, 4) is 11.5 Å². The lowest BCUT2D eigenvalue weighted by molar-refractivity contribution is -0.137. The summed E-state index contributed by atoms with van der Waals surface area (Å²) in [7, 11) is 3.91. The Labute approximate surface area is 161 Å². The van der Waals surface area contributed by atoms with Gasteiger partial charge in [0.2, 0.25) is 5.91 Å². The number of carbonyl (C=O) groups is 1. The number of benzene rings is 2. The van der Waals surface area contributed by atoms with Gasteiger partial charge < -0.3 is 20.3 Å². The van der Waals surface area contributed by atoms with E-state index in [1.54, 1.807) is 12.1 Å². The maximum absolute atomic E-state index is 12.9. The van der Waals surface area contributed by atoms with Crippen molar-refractivity contribution >= 4 is 17.3 Å². The number of ether oxygens (including phenoxy) is 1. The highest BCUT2D eigenvalue weighted by molar-refractivity contribution is 5.77. The van der Waals surface area contributed by atoms with E-state index in [0.717, 1.165) is 30.7 Å². The van der Waals surface area contributed by atoms with Crippen LogP contribution in [0.15, 0.2) is 36.4 Å². The summed E-state index contributed by atoms with van der Waals surface area (Å²) in [6.45, 7) is 1.16. The first-order chi connectivity index (χ1) is 13.2. The molecule has 2 aromatic carbocycles. The van der Waals surface area contributed by atoms with Crippen LogP contribution >= 0.6 is 0 Å². The molecule has 0 saturated heterocycles. The average Bonchev–Trinajstić information content (AvgIpc) is 2.63. The number of rotatable bonds is 6. The fourth-order valence-electron chi connectivity index (χ4n) is 2.86. The number of fused-ring (bicyclic) bond motifs is 2. The zero-order valence-electron chi connectivity index (χ0n) is 15.7. The predicted octanol–water partition coefficient (Wildman–Crippen LogP) is 4.51. The molecule has 0 atom stereocenters. The van der Waals surface area contributed by atoms with Gasteiger partial charge >= 0.3 is 6.18 Å². The molecule has 0 saturated carbocycles. The molecule has 0 unspecified atom stereocenters. The van der Waals surface area contributed by atoms with Crippen LogP contribution in [0.3, 0.4) is 0 Å². The Balaban J connectivity index is 1.64. The Kier molecular flexibility index (Phi) is 5.79. The third-order valence-electron chi connectivity index (χ3n) is 4.34. The van der Waals surface area contributed by atoms with Crippen LogP contribution in [0.4, 0.5) is 24.5 Å². The second-order valence-corrected chi connectivity index (χ2v) is 6.95. The summed E-state index contributed by atoms with van der Waals surface area (Å²) in [5.41, 5.74) is 1.17. The molecular weight excluding hydrogens is 371 g/mol. The van der Waals surface area contributed by atoms with Crippen molar-refractivity contribution in [3.63, 3.8) is 0 Å². The van der Waals surface area contributed by atoms with E-state index in [4.69, 9.17) is 4.74 Å². The molecule has 0 bridgehead atoms. The van der Waals surface area contributed by atoms with E-state index < -0.39 is 11.7 Å². The first kappa shape index (κ1) is 20.0. The Morgan fingerprint density at radius 3 is 2.46 bits per heavy atom. The number of nitrogens with zero attached hydrogens (tertiary/aromatic N) is 1. The summed E-state index contributed by atoms with van der Waals surface area (Å²) >= 11 is 0. The minimum Gasteiger partial charge on any atom is -0.453 e. The van der Waals surface area contributed by atoms with Crippen molar-refractivity contribution in [2.24, 2.45) is 0 Å². The molecule has 0 fully saturated rings. The highest BCUT2D eigenvalue weighted by Crippen LogP contribution is 2.44. The smallest absolute Gasteiger partial charge is 0.416 e. The lowest BCUT2D eigenvalue weighted by atomic mass is 10.1. The summed E-state index contributed by atoms with van der Waals surface area (Å²) in [6.07, 6.45) is -3.22. The minimum atomic E-state index is -4.43. The van der Waals surface area contributed by atoms with E-state index >= 15 is 0 Å². The van der Waals surface area contributed by atoms with E-state index in [1.807, 2.05) is 25.1 Å². The van der Waals surface area contributed by atoms with Crippen LogP contribution in [-0.4, -0.2) is 31.4 Å². The van der Waals surface area contributed by atoms with Crippen molar-refractivity contribution in [2.45, 2.75) is 25.6 Å². The van der Waals surface area contributed by atoms with Gasteiger partial charge in [0.05, 0.1) is 16.9 Å². The SMILES string of the molecule is CN(C)CCCC(=O)NCc1ccc2c(c1)Oc1cc(C(F)(F)F)ccc1N2. The van der Waals surface area contributed by atoms with Gasteiger partial charge in [-0.3, -0.25) is 4.79 Å². The number of anilines is 2. The molecule has 0 radical (unpaired) electrons. The number of hydrogen-bond donors (Lipinski definition) is 2. The summed E-state index contributed by atoms with van der Waals surface area (Å²) in [5.74, 6) is 0.497. The Morgan fingerprint density at radius 1 is 1.11 bits per heavy atom. The van der Waals surface area contributed by atoms with Crippen LogP contribution in [-0.2, 0) is 17.5 Å². The first-order valence-corrected chi connectivity index (χ1v) is 8.93. The molecule has 0 aliphatic carbocycles.